The van der Waals surface area contributed by atoms with Gasteiger partial charge in [-0.15, -0.1) is 0 Å². The monoisotopic (exact) mass is 349 g/mol. The second-order valence-electron chi connectivity index (χ2n) is 6.96. The molecule has 0 bridgehead atoms. The van der Waals surface area contributed by atoms with E-state index in [1.807, 2.05) is 63.2 Å². The van der Waals surface area contributed by atoms with Crippen molar-refractivity contribution >= 4 is 17.6 Å². The molecule has 0 spiro atoms. The van der Waals surface area contributed by atoms with Crippen LogP contribution >= 0.6 is 0 Å². The number of amidine groups is 1. The maximum Gasteiger partial charge on any atom is 0.273 e. The van der Waals surface area contributed by atoms with E-state index >= 15 is 0 Å². The highest BCUT2D eigenvalue weighted by molar-refractivity contribution is 6.17. The third-order valence-electron chi connectivity index (χ3n) is 4.91. The van der Waals surface area contributed by atoms with Crippen LogP contribution in [0.2, 0.25) is 0 Å². The molecular weight excluding hydrogens is 326 g/mol. The lowest BCUT2D eigenvalue weighted by molar-refractivity contribution is -0.123. The topological polar surface area (TPSA) is 70.6 Å². The fraction of sp³-hybridized carbons (Fsp3) is 0.286. The zero-order chi connectivity index (χ0) is 18.7. The van der Waals surface area contributed by atoms with Gasteiger partial charge >= 0.3 is 0 Å². The molecule has 5 nitrogen and oxygen atoms in total. The van der Waals surface area contributed by atoms with Crippen molar-refractivity contribution < 1.29 is 9.59 Å². The highest BCUT2D eigenvalue weighted by Crippen LogP contribution is 2.25. The molecule has 1 atom stereocenters. The van der Waals surface area contributed by atoms with Crippen LogP contribution in [0.3, 0.4) is 0 Å². The van der Waals surface area contributed by atoms with Crippen LogP contribution in [-0.4, -0.2) is 23.2 Å². The SMILES string of the molecule is CC(C)C1(C)NC(c2ccccc2C(=O)NCc2ccccc2)=NC1=O. The van der Waals surface area contributed by atoms with Crippen LogP contribution in [0.1, 0.15) is 42.3 Å². The van der Waals surface area contributed by atoms with E-state index in [9.17, 15) is 9.59 Å². The molecule has 0 aromatic heterocycles. The summed E-state index contributed by atoms with van der Waals surface area (Å²) < 4.78 is 0. The van der Waals surface area contributed by atoms with Crippen LogP contribution in [0.25, 0.3) is 0 Å². The van der Waals surface area contributed by atoms with E-state index in [0.29, 0.717) is 23.5 Å². The summed E-state index contributed by atoms with van der Waals surface area (Å²) >= 11 is 0. The molecule has 2 N–H and O–H groups in total. The third-order valence-corrected chi connectivity index (χ3v) is 4.91. The fourth-order valence-corrected chi connectivity index (χ4v) is 2.82. The molecular formula is C21H23N3O2. The minimum atomic E-state index is -0.747. The molecule has 1 aliphatic heterocycles. The fourth-order valence-electron chi connectivity index (χ4n) is 2.82. The van der Waals surface area contributed by atoms with Crippen molar-refractivity contribution in [2.24, 2.45) is 10.9 Å². The Morgan fingerprint density at radius 1 is 1.12 bits per heavy atom. The van der Waals surface area contributed by atoms with Gasteiger partial charge in [-0.1, -0.05) is 62.4 Å². The average molecular weight is 349 g/mol. The molecule has 2 amide bonds. The normalized spacial score (nSPS) is 19.2. The number of benzene rings is 2. The predicted molar refractivity (Wildman–Crippen MR) is 102 cm³/mol. The summed E-state index contributed by atoms with van der Waals surface area (Å²) in [6, 6.07) is 16.9. The number of carbonyl (C=O) groups is 2. The Kier molecular flexibility index (Phi) is 4.89. The van der Waals surface area contributed by atoms with Gasteiger partial charge < -0.3 is 10.6 Å². The van der Waals surface area contributed by atoms with Crippen LogP contribution in [0.4, 0.5) is 0 Å². The summed E-state index contributed by atoms with van der Waals surface area (Å²) in [5, 5.41) is 6.15. The number of aliphatic imine (C=N–C) groups is 1. The van der Waals surface area contributed by atoms with Gasteiger partial charge in [0.05, 0.1) is 5.56 Å². The predicted octanol–water partition coefficient (Wildman–Crippen LogP) is 2.91. The standard InChI is InChI=1S/C21H23N3O2/c1-14(2)21(3)20(26)23-18(24-21)16-11-7-8-12-17(16)19(25)22-13-15-9-5-4-6-10-15/h4-12,14H,13H2,1-3H3,(H,22,25)(H,23,24,26). The molecule has 134 valence electrons. The molecule has 0 fully saturated rings. The highest BCUT2D eigenvalue weighted by Gasteiger charge is 2.42. The number of nitrogens with zero attached hydrogens (tertiary/aromatic N) is 1. The van der Waals surface area contributed by atoms with Crippen molar-refractivity contribution in [2.45, 2.75) is 32.9 Å². The zero-order valence-electron chi connectivity index (χ0n) is 15.2. The van der Waals surface area contributed by atoms with Crippen molar-refractivity contribution in [1.29, 1.82) is 0 Å². The van der Waals surface area contributed by atoms with Gasteiger partial charge in [0.2, 0.25) is 0 Å². The maximum absolute atomic E-state index is 12.7. The molecule has 1 unspecified atom stereocenters. The molecule has 3 rings (SSSR count). The number of hydrogen-bond acceptors (Lipinski definition) is 3. The van der Waals surface area contributed by atoms with E-state index in [0.717, 1.165) is 5.56 Å². The summed E-state index contributed by atoms with van der Waals surface area (Å²) in [5.41, 5.74) is 1.41. The molecule has 1 heterocycles. The average Bonchev–Trinajstić information content (AvgIpc) is 2.97. The number of carbonyl (C=O) groups excluding carboxylic acids is 2. The summed E-state index contributed by atoms with van der Waals surface area (Å²) in [6.07, 6.45) is 0. The maximum atomic E-state index is 12.7. The minimum absolute atomic E-state index is 0.0790. The second kappa shape index (κ2) is 7.12. The Morgan fingerprint density at radius 3 is 2.42 bits per heavy atom. The van der Waals surface area contributed by atoms with E-state index in [2.05, 4.69) is 15.6 Å². The summed E-state index contributed by atoms with van der Waals surface area (Å²) in [7, 11) is 0. The summed E-state index contributed by atoms with van der Waals surface area (Å²) in [5.74, 6) is 0.133. The van der Waals surface area contributed by atoms with Crippen molar-refractivity contribution in [3.05, 3.63) is 71.3 Å². The van der Waals surface area contributed by atoms with Crippen molar-refractivity contribution in [3.8, 4) is 0 Å². The van der Waals surface area contributed by atoms with E-state index in [1.54, 1.807) is 12.1 Å². The van der Waals surface area contributed by atoms with Crippen molar-refractivity contribution in [2.75, 3.05) is 0 Å². The quantitative estimate of drug-likeness (QED) is 0.872. The molecule has 5 heteroatoms. The number of hydrogen-bond donors (Lipinski definition) is 2. The molecule has 2 aromatic rings. The summed E-state index contributed by atoms with van der Waals surface area (Å²) in [4.78, 5) is 29.2. The minimum Gasteiger partial charge on any atom is -0.355 e. The van der Waals surface area contributed by atoms with Crippen LogP contribution in [0.5, 0.6) is 0 Å². The van der Waals surface area contributed by atoms with Crippen LogP contribution in [0.15, 0.2) is 59.6 Å². The first kappa shape index (κ1) is 17.9. The van der Waals surface area contributed by atoms with Crippen molar-refractivity contribution in [3.63, 3.8) is 0 Å². The van der Waals surface area contributed by atoms with E-state index in [4.69, 9.17) is 0 Å². The van der Waals surface area contributed by atoms with Gasteiger partial charge in [0, 0.05) is 12.1 Å². The third kappa shape index (κ3) is 3.38. The van der Waals surface area contributed by atoms with Gasteiger partial charge in [-0.2, -0.15) is 4.99 Å². The first-order valence-corrected chi connectivity index (χ1v) is 8.74. The van der Waals surface area contributed by atoms with Crippen LogP contribution in [0, 0.1) is 5.92 Å². The Balaban J connectivity index is 1.82. The Hall–Kier alpha value is -2.95. The number of amides is 2. The molecule has 0 radical (unpaired) electrons. The lowest BCUT2D eigenvalue weighted by Gasteiger charge is -2.27. The van der Waals surface area contributed by atoms with Gasteiger partial charge in [-0.25, -0.2) is 0 Å². The smallest absolute Gasteiger partial charge is 0.273 e. The van der Waals surface area contributed by atoms with Crippen LogP contribution in [-0.2, 0) is 11.3 Å². The Labute approximate surface area is 153 Å². The van der Waals surface area contributed by atoms with Gasteiger partial charge in [0.1, 0.15) is 11.4 Å². The van der Waals surface area contributed by atoms with Crippen LogP contribution < -0.4 is 10.6 Å². The first-order chi connectivity index (χ1) is 12.4. The molecule has 0 saturated heterocycles. The van der Waals surface area contributed by atoms with Crippen molar-refractivity contribution in [1.82, 2.24) is 10.6 Å². The lowest BCUT2D eigenvalue weighted by atomic mass is 9.88. The summed E-state index contributed by atoms with van der Waals surface area (Å²) in [6.45, 7) is 6.23. The largest absolute Gasteiger partial charge is 0.355 e. The molecule has 0 saturated carbocycles. The number of rotatable bonds is 5. The molecule has 26 heavy (non-hydrogen) atoms. The van der Waals surface area contributed by atoms with E-state index in [1.165, 1.54) is 0 Å². The van der Waals surface area contributed by atoms with Gasteiger partial charge in [-0.3, -0.25) is 9.59 Å². The zero-order valence-corrected chi connectivity index (χ0v) is 15.2. The van der Waals surface area contributed by atoms with Gasteiger partial charge in [-0.05, 0) is 24.5 Å². The molecule has 1 aliphatic rings. The van der Waals surface area contributed by atoms with Gasteiger partial charge in [0.25, 0.3) is 11.8 Å². The molecule has 2 aromatic carbocycles. The van der Waals surface area contributed by atoms with Gasteiger partial charge in [0.15, 0.2) is 0 Å². The van der Waals surface area contributed by atoms with E-state index < -0.39 is 5.54 Å². The Morgan fingerprint density at radius 2 is 1.77 bits per heavy atom. The number of nitrogens with one attached hydrogen (secondary N) is 2. The van der Waals surface area contributed by atoms with E-state index in [-0.39, 0.29) is 17.7 Å². The highest BCUT2D eigenvalue weighted by atomic mass is 16.2. The molecule has 0 aliphatic carbocycles. The second-order valence-corrected chi connectivity index (χ2v) is 6.96. The Bertz CT molecular complexity index is 859. The lowest BCUT2D eigenvalue weighted by Crippen LogP contribution is -2.50. The first-order valence-electron chi connectivity index (χ1n) is 8.74.